The van der Waals surface area contributed by atoms with Crippen LogP contribution in [-0.2, 0) is 9.59 Å². The molecule has 14 heavy (non-hydrogen) atoms. The van der Waals surface area contributed by atoms with E-state index in [1.54, 1.807) is 0 Å². The van der Waals surface area contributed by atoms with Crippen molar-refractivity contribution < 1.29 is 9.59 Å². The van der Waals surface area contributed by atoms with E-state index in [0.29, 0.717) is 24.8 Å². The molecule has 0 atom stereocenters. The van der Waals surface area contributed by atoms with E-state index in [-0.39, 0.29) is 24.7 Å². The maximum absolute atomic E-state index is 11.0. The molecule has 0 fully saturated rings. The quantitative estimate of drug-likeness (QED) is 0.637. The van der Waals surface area contributed by atoms with Crippen molar-refractivity contribution in [3.05, 3.63) is 0 Å². The number of nitrogens with one attached hydrogen (secondary N) is 2. The molecule has 2 N–H and O–H groups in total. The molecule has 0 spiro atoms. The van der Waals surface area contributed by atoms with Gasteiger partial charge in [-0.2, -0.15) is 0 Å². The molecular formula is C8H14Cl2N2O2. The molecule has 0 heterocycles. The van der Waals surface area contributed by atoms with E-state index in [0.717, 1.165) is 0 Å². The molecule has 0 radical (unpaired) electrons. The van der Waals surface area contributed by atoms with E-state index in [2.05, 4.69) is 10.6 Å². The molecule has 0 rings (SSSR count). The molecule has 0 aliphatic rings. The lowest BCUT2D eigenvalue weighted by molar-refractivity contribution is -0.126. The molecule has 0 aromatic carbocycles. The minimum Gasteiger partial charge on any atom is -0.355 e. The lowest BCUT2D eigenvalue weighted by Gasteiger charge is -2.03. The van der Waals surface area contributed by atoms with Gasteiger partial charge in [0.05, 0.1) is 0 Å². The van der Waals surface area contributed by atoms with Crippen molar-refractivity contribution in [1.29, 1.82) is 0 Å². The normalized spacial score (nSPS) is 9.57. The van der Waals surface area contributed by atoms with Crippen LogP contribution in [0.4, 0.5) is 0 Å². The van der Waals surface area contributed by atoms with Crippen LogP contribution in [0.3, 0.4) is 0 Å². The summed E-state index contributed by atoms with van der Waals surface area (Å²) in [4.78, 5) is 22.0. The average molecular weight is 241 g/mol. The molecule has 2 amide bonds. The second-order valence-corrected chi connectivity index (χ2v) is 3.33. The molecule has 0 unspecified atom stereocenters. The molecule has 0 aromatic rings. The van der Waals surface area contributed by atoms with Gasteiger partial charge in [0.2, 0.25) is 11.8 Å². The van der Waals surface area contributed by atoms with Gasteiger partial charge in [-0.15, -0.1) is 23.2 Å². The topological polar surface area (TPSA) is 58.2 Å². The molecule has 82 valence electrons. The van der Waals surface area contributed by atoms with Gasteiger partial charge in [0.1, 0.15) is 0 Å². The van der Waals surface area contributed by atoms with Crippen LogP contribution < -0.4 is 10.6 Å². The number of carbonyl (C=O) groups is 2. The second kappa shape index (κ2) is 9.09. The predicted molar refractivity (Wildman–Crippen MR) is 56.7 cm³/mol. The Kier molecular flexibility index (Phi) is 8.78. The molecule has 4 nitrogen and oxygen atoms in total. The zero-order valence-corrected chi connectivity index (χ0v) is 9.33. The minimum atomic E-state index is -0.160. The third-order valence-corrected chi connectivity index (χ3v) is 1.79. The summed E-state index contributed by atoms with van der Waals surface area (Å²) in [5.41, 5.74) is 0. The summed E-state index contributed by atoms with van der Waals surface area (Å²) in [6.07, 6.45) is 0.371. The van der Waals surface area contributed by atoms with Crippen molar-refractivity contribution in [1.82, 2.24) is 10.6 Å². The van der Waals surface area contributed by atoms with Crippen LogP contribution in [0.2, 0.25) is 0 Å². The van der Waals surface area contributed by atoms with Gasteiger partial charge >= 0.3 is 0 Å². The first-order chi connectivity index (χ1) is 6.70. The summed E-state index contributed by atoms with van der Waals surface area (Å²) in [6.45, 7) is 0.868. The lowest BCUT2D eigenvalue weighted by atomic mass is 10.3. The highest BCUT2D eigenvalue weighted by Crippen LogP contribution is 1.89. The number of alkyl halides is 2. The summed E-state index contributed by atoms with van der Waals surface area (Å²) in [6, 6.07) is 0. The molecule has 0 aliphatic heterocycles. The summed E-state index contributed by atoms with van der Waals surface area (Å²) in [5.74, 6) is 0.437. The van der Waals surface area contributed by atoms with E-state index in [1.165, 1.54) is 0 Å². The fourth-order valence-corrected chi connectivity index (χ4v) is 0.966. The minimum absolute atomic E-state index is 0.160. The van der Waals surface area contributed by atoms with Crippen molar-refractivity contribution in [3.63, 3.8) is 0 Å². The van der Waals surface area contributed by atoms with E-state index in [4.69, 9.17) is 23.2 Å². The third kappa shape index (κ3) is 8.13. The summed E-state index contributed by atoms with van der Waals surface area (Å²) in [7, 11) is 0. The Morgan fingerprint density at radius 3 is 1.50 bits per heavy atom. The smallest absolute Gasteiger partial charge is 0.220 e. The number of rotatable bonds is 7. The lowest BCUT2D eigenvalue weighted by Crippen LogP contribution is -2.29. The number of carbonyl (C=O) groups excluding carboxylic acids is 2. The molecule has 0 aliphatic carbocycles. The van der Waals surface area contributed by atoms with Gasteiger partial charge in [-0.05, 0) is 0 Å². The van der Waals surface area contributed by atoms with Gasteiger partial charge in [0.25, 0.3) is 0 Å². The van der Waals surface area contributed by atoms with Crippen LogP contribution in [0, 0.1) is 0 Å². The first-order valence-corrected chi connectivity index (χ1v) is 5.43. The molecule has 0 saturated heterocycles. The number of hydrogen-bond acceptors (Lipinski definition) is 2. The first kappa shape index (κ1) is 13.5. The van der Waals surface area contributed by atoms with Crippen LogP contribution in [0.25, 0.3) is 0 Å². The van der Waals surface area contributed by atoms with Crippen LogP contribution in [0.1, 0.15) is 12.8 Å². The first-order valence-electron chi connectivity index (χ1n) is 4.36. The zero-order chi connectivity index (χ0) is 10.8. The zero-order valence-electron chi connectivity index (χ0n) is 7.82. The van der Waals surface area contributed by atoms with Gasteiger partial charge in [0.15, 0.2) is 0 Å². The highest BCUT2D eigenvalue weighted by Gasteiger charge is 2.05. The van der Waals surface area contributed by atoms with Crippen LogP contribution >= 0.6 is 23.2 Å². The Labute approximate surface area is 93.3 Å². The highest BCUT2D eigenvalue weighted by atomic mass is 35.5. The van der Waals surface area contributed by atoms with Gasteiger partial charge in [-0.1, -0.05) is 0 Å². The maximum Gasteiger partial charge on any atom is 0.220 e. The average Bonchev–Trinajstić information content (AvgIpc) is 2.20. The van der Waals surface area contributed by atoms with Crippen LogP contribution in [-0.4, -0.2) is 36.7 Å². The molecule has 0 saturated carbocycles. The van der Waals surface area contributed by atoms with E-state index in [1.807, 2.05) is 0 Å². The molecule has 6 heteroatoms. The number of halogens is 2. The van der Waals surface area contributed by atoms with Crippen molar-refractivity contribution >= 4 is 35.0 Å². The largest absolute Gasteiger partial charge is 0.355 e. The molecular weight excluding hydrogens is 227 g/mol. The second-order valence-electron chi connectivity index (χ2n) is 2.58. The number of hydrogen-bond donors (Lipinski definition) is 2. The van der Waals surface area contributed by atoms with Crippen LogP contribution in [0.15, 0.2) is 0 Å². The molecule has 0 aromatic heterocycles. The summed E-state index contributed by atoms with van der Waals surface area (Å²) >= 11 is 10.7. The summed E-state index contributed by atoms with van der Waals surface area (Å²) in [5, 5.41) is 5.13. The van der Waals surface area contributed by atoms with E-state index < -0.39 is 0 Å². The Morgan fingerprint density at radius 2 is 1.21 bits per heavy atom. The fourth-order valence-electron chi connectivity index (χ4n) is 0.777. The van der Waals surface area contributed by atoms with Crippen molar-refractivity contribution in [3.8, 4) is 0 Å². The standard InChI is InChI=1S/C8H14Cl2N2O2/c9-3-5-11-7(13)1-2-8(14)12-6-4-10/h1-6H2,(H,11,13)(H,12,14). The summed E-state index contributed by atoms with van der Waals surface area (Å²) < 4.78 is 0. The van der Waals surface area contributed by atoms with Gasteiger partial charge in [-0.25, -0.2) is 0 Å². The van der Waals surface area contributed by atoms with Gasteiger partial charge < -0.3 is 10.6 Å². The maximum atomic E-state index is 11.0. The Morgan fingerprint density at radius 1 is 0.857 bits per heavy atom. The third-order valence-electron chi connectivity index (χ3n) is 1.41. The number of amides is 2. The van der Waals surface area contributed by atoms with Gasteiger partial charge in [0, 0.05) is 37.7 Å². The van der Waals surface area contributed by atoms with Crippen molar-refractivity contribution in [2.24, 2.45) is 0 Å². The highest BCUT2D eigenvalue weighted by molar-refractivity contribution is 6.18. The van der Waals surface area contributed by atoms with E-state index >= 15 is 0 Å². The SMILES string of the molecule is O=C(CCC(=O)NCCCl)NCCCl. The Hall–Kier alpha value is -0.480. The van der Waals surface area contributed by atoms with Gasteiger partial charge in [-0.3, -0.25) is 9.59 Å². The van der Waals surface area contributed by atoms with E-state index in [9.17, 15) is 9.59 Å². The van der Waals surface area contributed by atoms with Crippen molar-refractivity contribution in [2.45, 2.75) is 12.8 Å². The predicted octanol–water partition coefficient (Wildman–Crippen LogP) is 0.477. The fraction of sp³-hybridized carbons (Fsp3) is 0.750. The Bertz CT molecular complexity index is 168. The van der Waals surface area contributed by atoms with Crippen LogP contribution in [0.5, 0.6) is 0 Å². The molecule has 0 bridgehead atoms. The van der Waals surface area contributed by atoms with Crippen molar-refractivity contribution in [2.75, 3.05) is 24.8 Å². The Balaban J connectivity index is 3.41. The monoisotopic (exact) mass is 240 g/mol.